The van der Waals surface area contributed by atoms with Crippen LogP contribution in [0.15, 0.2) is 53.0 Å². The molecule has 2 aromatic rings. The fourth-order valence-electron chi connectivity index (χ4n) is 1.96. The molecule has 0 bridgehead atoms. The summed E-state index contributed by atoms with van der Waals surface area (Å²) in [5.41, 5.74) is 7.44. The Morgan fingerprint density at radius 2 is 1.44 bits per heavy atom. The average Bonchev–Trinajstić information content (AvgIpc) is 2.39. The SMILES string of the molecule is Cc1ccc(C(O)(CN)c2ccc(Br)cc2)cc1. The van der Waals surface area contributed by atoms with Gasteiger partial charge in [0.1, 0.15) is 5.60 Å². The van der Waals surface area contributed by atoms with E-state index in [0.717, 1.165) is 21.2 Å². The number of aliphatic hydroxyl groups is 1. The molecule has 18 heavy (non-hydrogen) atoms. The van der Waals surface area contributed by atoms with Gasteiger partial charge in [-0.25, -0.2) is 0 Å². The van der Waals surface area contributed by atoms with Gasteiger partial charge in [0.05, 0.1) is 0 Å². The highest BCUT2D eigenvalue weighted by Gasteiger charge is 2.29. The van der Waals surface area contributed by atoms with E-state index in [4.69, 9.17) is 5.73 Å². The third-order valence-corrected chi connectivity index (χ3v) is 3.67. The van der Waals surface area contributed by atoms with E-state index in [2.05, 4.69) is 15.9 Å². The molecule has 0 amide bonds. The summed E-state index contributed by atoms with van der Waals surface area (Å²) in [4.78, 5) is 0. The van der Waals surface area contributed by atoms with Gasteiger partial charge in [-0.2, -0.15) is 0 Å². The highest BCUT2D eigenvalue weighted by Crippen LogP contribution is 2.29. The van der Waals surface area contributed by atoms with Crippen LogP contribution in [0.5, 0.6) is 0 Å². The van der Waals surface area contributed by atoms with E-state index in [9.17, 15) is 5.11 Å². The lowest BCUT2D eigenvalue weighted by Gasteiger charge is -2.28. The van der Waals surface area contributed by atoms with Crippen molar-refractivity contribution in [2.45, 2.75) is 12.5 Å². The first-order chi connectivity index (χ1) is 8.56. The summed E-state index contributed by atoms with van der Waals surface area (Å²) in [6.45, 7) is 2.17. The molecule has 2 rings (SSSR count). The minimum Gasteiger partial charge on any atom is -0.379 e. The van der Waals surface area contributed by atoms with E-state index in [1.807, 2.05) is 55.5 Å². The van der Waals surface area contributed by atoms with Crippen LogP contribution in [0.3, 0.4) is 0 Å². The molecule has 3 N–H and O–H groups in total. The van der Waals surface area contributed by atoms with Gasteiger partial charge < -0.3 is 10.8 Å². The monoisotopic (exact) mass is 305 g/mol. The highest BCUT2D eigenvalue weighted by atomic mass is 79.9. The van der Waals surface area contributed by atoms with Gasteiger partial charge in [-0.05, 0) is 30.2 Å². The van der Waals surface area contributed by atoms with E-state index in [0.29, 0.717) is 0 Å². The molecule has 0 fully saturated rings. The Bertz CT molecular complexity index is 474. The number of benzene rings is 2. The minimum atomic E-state index is -1.13. The second kappa shape index (κ2) is 5.22. The van der Waals surface area contributed by atoms with Crippen molar-refractivity contribution in [3.05, 3.63) is 69.7 Å². The third-order valence-electron chi connectivity index (χ3n) is 3.15. The van der Waals surface area contributed by atoms with E-state index in [1.54, 1.807) is 0 Å². The lowest BCUT2D eigenvalue weighted by atomic mass is 9.86. The summed E-state index contributed by atoms with van der Waals surface area (Å²) in [6.07, 6.45) is 0. The maximum Gasteiger partial charge on any atom is 0.127 e. The van der Waals surface area contributed by atoms with Gasteiger partial charge in [0.2, 0.25) is 0 Å². The molecule has 0 aliphatic carbocycles. The van der Waals surface area contributed by atoms with Crippen LogP contribution in [-0.4, -0.2) is 11.7 Å². The Labute approximate surface area is 116 Å². The van der Waals surface area contributed by atoms with Gasteiger partial charge in [0.25, 0.3) is 0 Å². The van der Waals surface area contributed by atoms with Crippen LogP contribution in [0.4, 0.5) is 0 Å². The topological polar surface area (TPSA) is 46.2 Å². The van der Waals surface area contributed by atoms with Gasteiger partial charge in [-0.3, -0.25) is 0 Å². The zero-order valence-corrected chi connectivity index (χ0v) is 11.8. The summed E-state index contributed by atoms with van der Waals surface area (Å²) < 4.78 is 0.981. The van der Waals surface area contributed by atoms with Crippen molar-refractivity contribution in [1.82, 2.24) is 0 Å². The van der Waals surface area contributed by atoms with E-state index < -0.39 is 5.60 Å². The molecule has 0 spiro atoms. The van der Waals surface area contributed by atoms with Crippen LogP contribution in [-0.2, 0) is 5.60 Å². The Hall–Kier alpha value is -1.16. The third kappa shape index (κ3) is 2.48. The Morgan fingerprint density at radius 1 is 1.00 bits per heavy atom. The Balaban J connectivity index is 2.47. The van der Waals surface area contributed by atoms with Crippen molar-refractivity contribution < 1.29 is 5.11 Å². The molecule has 2 nitrogen and oxygen atoms in total. The Morgan fingerprint density at radius 3 is 1.89 bits per heavy atom. The average molecular weight is 306 g/mol. The van der Waals surface area contributed by atoms with Gasteiger partial charge in [-0.15, -0.1) is 0 Å². The summed E-state index contributed by atoms with van der Waals surface area (Å²) >= 11 is 3.39. The van der Waals surface area contributed by atoms with Gasteiger partial charge in [0.15, 0.2) is 0 Å². The molecule has 0 aromatic heterocycles. The molecule has 2 aromatic carbocycles. The second-order valence-corrected chi connectivity index (χ2v) is 5.35. The molecule has 0 aliphatic rings. The molecular weight excluding hydrogens is 290 g/mol. The van der Waals surface area contributed by atoms with Gasteiger partial charge >= 0.3 is 0 Å². The number of hydrogen-bond acceptors (Lipinski definition) is 2. The number of aryl methyl sites for hydroxylation is 1. The van der Waals surface area contributed by atoms with Crippen LogP contribution < -0.4 is 5.73 Å². The van der Waals surface area contributed by atoms with Crippen LogP contribution in [0.2, 0.25) is 0 Å². The lowest BCUT2D eigenvalue weighted by molar-refractivity contribution is 0.0902. The molecular formula is C15H16BrNO. The zero-order chi connectivity index (χ0) is 13.2. The van der Waals surface area contributed by atoms with Gasteiger partial charge in [0, 0.05) is 11.0 Å². The molecule has 0 heterocycles. The molecule has 0 radical (unpaired) electrons. The summed E-state index contributed by atoms with van der Waals surface area (Å²) in [7, 11) is 0. The molecule has 0 saturated heterocycles. The zero-order valence-electron chi connectivity index (χ0n) is 10.2. The first-order valence-electron chi connectivity index (χ1n) is 5.82. The number of nitrogens with two attached hydrogens (primary N) is 1. The largest absolute Gasteiger partial charge is 0.379 e. The van der Waals surface area contributed by atoms with Crippen LogP contribution >= 0.6 is 15.9 Å². The van der Waals surface area contributed by atoms with Crippen molar-refractivity contribution in [2.75, 3.05) is 6.54 Å². The Kier molecular flexibility index (Phi) is 3.85. The van der Waals surface area contributed by atoms with Crippen LogP contribution in [0, 0.1) is 6.92 Å². The maximum absolute atomic E-state index is 10.8. The lowest BCUT2D eigenvalue weighted by Crippen LogP contribution is -2.36. The molecule has 3 heteroatoms. The molecule has 0 saturated carbocycles. The summed E-state index contributed by atoms with van der Waals surface area (Å²) in [5.74, 6) is 0. The number of halogens is 1. The molecule has 1 atom stereocenters. The normalized spacial score (nSPS) is 14.2. The van der Waals surface area contributed by atoms with Gasteiger partial charge in [-0.1, -0.05) is 57.9 Å². The van der Waals surface area contributed by atoms with Crippen molar-refractivity contribution in [3.63, 3.8) is 0 Å². The molecule has 1 unspecified atom stereocenters. The number of rotatable bonds is 3. The van der Waals surface area contributed by atoms with Crippen LogP contribution in [0.25, 0.3) is 0 Å². The van der Waals surface area contributed by atoms with Crippen LogP contribution in [0.1, 0.15) is 16.7 Å². The quantitative estimate of drug-likeness (QED) is 0.916. The van der Waals surface area contributed by atoms with Crippen molar-refractivity contribution in [2.24, 2.45) is 5.73 Å². The fraction of sp³-hybridized carbons (Fsp3) is 0.200. The summed E-state index contributed by atoms with van der Waals surface area (Å²) in [6, 6.07) is 15.4. The minimum absolute atomic E-state index is 0.150. The van der Waals surface area contributed by atoms with Crippen molar-refractivity contribution >= 4 is 15.9 Å². The fourth-order valence-corrected chi connectivity index (χ4v) is 2.22. The maximum atomic E-state index is 10.8. The van der Waals surface area contributed by atoms with Crippen molar-refractivity contribution in [3.8, 4) is 0 Å². The molecule has 0 aliphatic heterocycles. The van der Waals surface area contributed by atoms with E-state index in [1.165, 1.54) is 0 Å². The van der Waals surface area contributed by atoms with E-state index in [-0.39, 0.29) is 6.54 Å². The van der Waals surface area contributed by atoms with Crippen molar-refractivity contribution in [1.29, 1.82) is 0 Å². The standard InChI is InChI=1S/C15H16BrNO/c1-11-2-4-12(5-3-11)15(18,10-17)13-6-8-14(16)9-7-13/h2-9,18H,10,17H2,1H3. The van der Waals surface area contributed by atoms with E-state index >= 15 is 0 Å². The first kappa shape index (κ1) is 13.3. The highest BCUT2D eigenvalue weighted by molar-refractivity contribution is 9.10. The second-order valence-electron chi connectivity index (χ2n) is 4.44. The smallest absolute Gasteiger partial charge is 0.127 e. The summed E-state index contributed by atoms with van der Waals surface area (Å²) in [5, 5.41) is 10.8. The first-order valence-corrected chi connectivity index (χ1v) is 6.61. The molecule has 94 valence electrons. The predicted octanol–water partition coefficient (Wildman–Crippen LogP) is 2.95. The number of hydrogen-bond donors (Lipinski definition) is 2. The predicted molar refractivity (Wildman–Crippen MR) is 77.4 cm³/mol.